The van der Waals surface area contributed by atoms with Gasteiger partial charge in [0.2, 0.25) is 0 Å². The molecule has 0 saturated carbocycles. The van der Waals surface area contributed by atoms with Gasteiger partial charge in [-0.2, -0.15) is 8.42 Å². The van der Waals surface area contributed by atoms with E-state index in [1.165, 1.54) is 11.1 Å². The summed E-state index contributed by atoms with van der Waals surface area (Å²) >= 11 is 0. The number of hydrogen-bond acceptors (Lipinski definition) is 3. The SMILES string of the molecule is [NH3+]S(=O)(=O)c1ccc(-c2nc3ccccc3n2-c2ccc(Cc3ccccc3)cc2)cc1. The lowest BCUT2D eigenvalue weighted by Crippen LogP contribution is -2.56. The Labute approximate surface area is 186 Å². The Morgan fingerprint density at radius 3 is 2.03 bits per heavy atom. The number of sulfonamides is 1. The van der Waals surface area contributed by atoms with Crippen LogP contribution in [0.25, 0.3) is 28.1 Å². The smallest absolute Gasteiger partial charge is 0.292 e. The molecule has 6 heteroatoms. The lowest BCUT2D eigenvalue weighted by atomic mass is 10.0. The molecule has 0 aliphatic heterocycles. The molecule has 0 aliphatic rings. The van der Waals surface area contributed by atoms with E-state index in [0.717, 1.165) is 34.5 Å². The van der Waals surface area contributed by atoms with Gasteiger partial charge in [0.25, 0.3) is 0 Å². The second-order valence-corrected chi connectivity index (χ2v) is 9.43. The van der Waals surface area contributed by atoms with Gasteiger partial charge in [-0.05, 0) is 66.1 Å². The number of benzene rings is 4. The Kier molecular flexibility index (Phi) is 5.09. The van der Waals surface area contributed by atoms with Crippen LogP contribution < -0.4 is 5.14 Å². The van der Waals surface area contributed by atoms with Crippen LogP contribution in [-0.2, 0) is 16.4 Å². The van der Waals surface area contributed by atoms with Gasteiger partial charge in [-0.25, -0.2) is 10.1 Å². The maximum atomic E-state index is 11.7. The van der Waals surface area contributed by atoms with E-state index in [1.807, 2.05) is 30.3 Å². The highest BCUT2D eigenvalue weighted by atomic mass is 32.2. The summed E-state index contributed by atoms with van der Waals surface area (Å²) in [4.78, 5) is 5.03. The predicted molar refractivity (Wildman–Crippen MR) is 126 cm³/mol. The lowest BCUT2D eigenvalue weighted by Gasteiger charge is -2.11. The zero-order valence-corrected chi connectivity index (χ0v) is 18.2. The van der Waals surface area contributed by atoms with Crippen molar-refractivity contribution in [2.75, 3.05) is 0 Å². The summed E-state index contributed by atoms with van der Waals surface area (Å²) in [6.45, 7) is 0. The van der Waals surface area contributed by atoms with Crippen molar-refractivity contribution in [2.24, 2.45) is 0 Å². The van der Waals surface area contributed by atoms with E-state index < -0.39 is 10.0 Å². The normalized spacial score (nSPS) is 11.7. The minimum Gasteiger partial charge on any atom is -0.292 e. The first-order valence-corrected chi connectivity index (χ1v) is 11.9. The van der Waals surface area contributed by atoms with Crippen LogP contribution in [0.5, 0.6) is 0 Å². The molecule has 0 aliphatic carbocycles. The number of hydrogen-bond donors (Lipinski definition) is 1. The van der Waals surface area contributed by atoms with Gasteiger partial charge in [-0.1, -0.05) is 54.6 Å². The summed E-state index contributed by atoms with van der Waals surface area (Å²) in [6, 6.07) is 33.6. The Morgan fingerprint density at radius 2 is 1.34 bits per heavy atom. The highest BCUT2D eigenvalue weighted by Crippen LogP contribution is 2.29. The van der Waals surface area contributed by atoms with Crippen molar-refractivity contribution >= 4 is 21.1 Å². The Morgan fingerprint density at radius 1 is 0.719 bits per heavy atom. The third kappa shape index (κ3) is 3.93. The molecule has 0 amide bonds. The average molecular weight is 441 g/mol. The zero-order valence-electron chi connectivity index (χ0n) is 17.3. The van der Waals surface area contributed by atoms with Gasteiger partial charge in [-0.15, -0.1) is 0 Å². The van der Waals surface area contributed by atoms with E-state index in [0.29, 0.717) is 0 Å². The second kappa shape index (κ2) is 8.07. The Hall–Kier alpha value is -3.74. The van der Waals surface area contributed by atoms with Crippen molar-refractivity contribution in [1.29, 1.82) is 0 Å². The van der Waals surface area contributed by atoms with Gasteiger partial charge in [0.05, 0.1) is 11.0 Å². The van der Waals surface area contributed by atoms with Crippen molar-refractivity contribution in [3.63, 3.8) is 0 Å². The molecule has 0 atom stereocenters. The number of aromatic nitrogens is 2. The van der Waals surface area contributed by atoms with Crippen molar-refractivity contribution < 1.29 is 13.6 Å². The molecular formula is C26H22N3O2S+. The lowest BCUT2D eigenvalue weighted by molar-refractivity contribution is -0.164. The summed E-state index contributed by atoms with van der Waals surface area (Å²) in [5.74, 6) is 0.759. The molecule has 158 valence electrons. The molecule has 5 nitrogen and oxygen atoms in total. The fraction of sp³-hybridized carbons (Fsp3) is 0.0385. The largest absolute Gasteiger partial charge is 0.322 e. The van der Waals surface area contributed by atoms with Crippen LogP contribution in [0.1, 0.15) is 11.1 Å². The summed E-state index contributed by atoms with van der Waals surface area (Å²) in [6.07, 6.45) is 0.875. The first-order chi connectivity index (χ1) is 15.5. The zero-order chi connectivity index (χ0) is 22.1. The topological polar surface area (TPSA) is 79.6 Å². The Balaban J connectivity index is 1.58. The van der Waals surface area contributed by atoms with E-state index in [4.69, 9.17) is 4.98 Å². The molecule has 0 bridgehead atoms. The molecule has 5 rings (SSSR count). The molecule has 3 N–H and O–H groups in total. The first-order valence-electron chi connectivity index (χ1n) is 10.3. The minimum atomic E-state index is -3.50. The molecule has 0 saturated heterocycles. The van der Waals surface area contributed by atoms with Crippen LogP contribution in [0.15, 0.2) is 108 Å². The molecule has 0 spiro atoms. The van der Waals surface area contributed by atoms with Gasteiger partial charge in [0.15, 0.2) is 0 Å². The van der Waals surface area contributed by atoms with Gasteiger partial charge >= 0.3 is 10.0 Å². The highest BCUT2D eigenvalue weighted by Gasteiger charge is 2.16. The summed E-state index contributed by atoms with van der Waals surface area (Å²) in [5, 5.41) is 3.23. The van der Waals surface area contributed by atoms with Crippen molar-refractivity contribution in [3.05, 3.63) is 114 Å². The van der Waals surface area contributed by atoms with E-state index in [1.54, 1.807) is 24.3 Å². The van der Waals surface area contributed by atoms with Gasteiger partial charge in [0.1, 0.15) is 10.7 Å². The highest BCUT2D eigenvalue weighted by molar-refractivity contribution is 7.84. The molecule has 5 aromatic rings. The number of fused-ring (bicyclic) bond motifs is 1. The number of para-hydroxylation sites is 2. The minimum absolute atomic E-state index is 0.189. The van der Waals surface area contributed by atoms with Crippen LogP contribution in [0.2, 0.25) is 0 Å². The van der Waals surface area contributed by atoms with Crippen molar-refractivity contribution in [1.82, 2.24) is 9.55 Å². The number of rotatable bonds is 5. The van der Waals surface area contributed by atoms with E-state index in [2.05, 4.69) is 58.2 Å². The van der Waals surface area contributed by atoms with Gasteiger partial charge in [-0.3, -0.25) is 4.57 Å². The number of imidazole rings is 1. The summed E-state index contributed by atoms with van der Waals surface area (Å²) < 4.78 is 25.6. The standard InChI is InChI=1S/C26H21N3O2S/c27-32(30,31)23-16-12-21(13-17-23)26-28-24-8-4-5-9-25(24)29(26)22-14-10-20(11-15-22)18-19-6-2-1-3-7-19/h1-17H,18H2,(H2,27,30,31)/p+1. The third-order valence-corrected chi connectivity index (χ3v) is 6.47. The number of nitrogens with zero attached hydrogens (tertiary/aromatic N) is 2. The third-order valence-electron chi connectivity index (χ3n) is 5.48. The van der Waals surface area contributed by atoms with Gasteiger partial charge < -0.3 is 0 Å². The maximum Gasteiger partial charge on any atom is 0.322 e. The molecule has 32 heavy (non-hydrogen) atoms. The van der Waals surface area contributed by atoms with Crippen LogP contribution in [0.3, 0.4) is 0 Å². The molecule has 0 unspecified atom stereocenters. The Bertz CT molecular complexity index is 1490. The average Bonchev–Trinajstić information content (AvgIpc) is 3.19. The summed E-state index contributed by atoms with van der Waals surface area (Å²) in [7, 11) is -3.50. The van der Waals surface area contributed by atoms with Crippen molar-refractivity contribution in [3.8, 4) is 17.1 Å². The van der Waals surface area contributed by atoms with Crippen LogP contribution in [0.4, 0.5) is 0 Å². The van der Waals surface area contributed by atoms with Crippen LogP contribution in [0, 0.1) is 0 Å². The van der Waals surface area contributed by atoms with Crippen molar-refractivity contribution in [2.45, 2.75) is 11.3 Å². The number of quaternary nitrogens is 1. The first kappa shape index (κ1) is 20.2. The molecule has 0 radical (unpaired) electrons. The summed E-state index contributed by atoms with van der Waals surface area (Å²) in [5.41, 5.74) is 6.21. The van der Waals surface area contributed by atoms with E-state index in [9.17, 15) is 8.42 Å². The van der Waals surface area contributed by atoms with Crippen LogP contribution in [-0.4, -0.2) is 18.0 Å². The second-order valence-electron chi connectivity index (χ2n) is 7.73. The monoisotopic (exact) mass is 440 g/mol. The van der Waals surface area contributed by atoms with Crippen LogP contribution >= 0.6 is 0 Å². The fourth-order valence-electron chi connectivity index (χ4n) is 3.89. The molecule has 1 aromatic heterocycles. The van der Waals surface area contributed by atoms with E-state index in [-0.39, 0.29) is 4.90 Å². The van der Waals surface area contributed by atoms with Gasteiger partial charge in [0, 0.05) is 11.3 Å². The quantitative estimate of drug-likeness (QED) is 0.445. The molecular weight excluding hydrogens is 418 g/mol. The predicted octanol–water partition coefficient (Wildman–Crippen LogP) is 4.21. The molecule has 1 heterocycles. The maximum absolute atomic E-state index is 11.7. The van der Waals surface area contributed by atoms with E-state index >= 15 is 0 Å². The fourth-order valence-corrected chi connectivity index (χ4v) is 4.44. The molecule has 0 fully saturated rings. The molecule has 4 aromatic carbocycles.